The predicted molar refractivity (Wildman–Crippen MR) is 78.9 cm³/mol. The number of ether oxygens (including phenoxy) is 1. The van der Waals surface area contributed by atoms with E-state index in [1.165, 1.54) is 11.8 Å². The van der Waals surface area contributed by atoms with Gasteiger partial charge in [0.1, 0.15) is 11.4 Å². The SMILES string of the molecule is C/C=C1\C=C(C2(OC)CCN(C(C)=O)C2)C(=O)N(C)C1=N. The lowest BCUT2D eigenvalue weighted by atomic mass is 9.87. The van der Waals surface area contributed by atoms with Gasteiger partial charge < -0.3 is 9.64 Å². The molecule has 2 aliphatic rings. The van der Waals surface area contributed by atoms with Crippen molar-refractivity contribution in [3.05, 3.63) is 23.3 Å². The van der Waals surface area contributed by atoms with Crippen LogP contribution in [0.3, 0.4) is 0 Å². The smallest absolute Gasteiger partial charge is 0.258 e. The molecule has 0 aromatic rings. The van der Waals surface area contributed by atoms with Crippen molar-refractivity contribution in [2.75, 3.05) is 27.2 Å². The molecule has 1 fully saturated rings. The van der Waals surface area contributed by atoms with Gasteiger partial charge in [0.2, 0.25) is 5.91 Å². The Morgan fingerprint density at radius 3 is 2.67 bits per heavy atom. The number of nitrogens with one attached hydrogen (secondary N) is 1. The summed E-state index contributed by atoms with van der Waals surface area (Å²) in [4.78, 5) is 27.1. The van der Waals surface area contributed by atoms with Crippen molar-refractivity contribution in [3.8, 4) is 0 Å². The van der Waals surface area contributed by atoms with Crippen LogP contribution in [-0.2, 0) is 14.3 Å². The number of amides is 2. The fourth-order valence-corrected chi connectivity index (χ4v) is 2.86. The van der Waals surface area contributed by atoms with Crippen LogP contribution in [-0.4, -0.2) is 60.3 Å². The van der Waals surface area contributed by atoms with E-state index in [0.717, 1.165) is 0 Å². The quantitative estimate of drug-likeness (QED) is 0.823. The molecule has 1 saturated heterocycles. The summed E-state index contributed by atoms with van der Waals surface area (Å²) >= 11 is 0. The second kappa shape index (κ2) is 5.44. The highest BCUT2D eigenvalue weighted by Gasteiger charge is 2.47. The first-order valence-electron chi connectivity index (χ1n) is 6.92. The van der Waals surface area contributed by atoms with Crippen molar-refractivity contribution in [1.29, 1.82) is 5.41 Å². The highest BCUT2D eigenvalue weighted by molar-refractivity contribution is 6.16. The van der Waals surface area contributed by atoms with Crippen LogP contribution in [0.4, 0.5) is 0 Å². The Morgan fingerprint density at radius 1 is 1.52 bits per heavy atom. The maximum Gasteiger partial charge on any atom is 0.258 e. The molecule has 2 amide bonds. The molecule has 1 N–H and O–H groups in total. The number of nitrogens with zero attached hydrogens (tertiary/aromatic N) is 2. The molecule has 21 heavy (non-hydrogen) atoms. The zero-order valence-corrected chi connectivity index (χ0v) is 12.9. The van der Waals surface area contributed by atoms with Crippen LogP contribution in [0.5, 0.6) is 0 Å². The first-order chi connectivity index (χ1) is 9.86. The molecule has 0 spiro atoms. The Labute approximate surface area is 124 Å². The third-order valence-corrected chi connectivity index (χ3v) is 4.31. The van der Waals surface area contributed by atoms with Crippen LogP contribution < -0.4 is 0 Å². The molecular weight excluding hydrogens is 270 g/mol. The molecule has 114 valence electrons. The van der Waals surface area contributed by atoms with Gasteiger partial charge in [-0.25, -0.2) is 0 Å². The Morgan fingerprint density at radius 2 is 2.19 bits per heavy atom. The molecule has 0 aliphatic carbocycles. The number of likely N-dealkylation sites (tertiary alicyclic amines) is 1. The number of rotatable bonds is 2. The van der Waals surface area contributed by atoms with Crippen LogP contribution >= 0.6 is 0 Å². The average Bonchev–Trinajstić information content (AvgIpc) is 2.91. The van der Waals surface area contributed by atoms with Crippen molar-refractivity contribution in [1.82, 2.24) is 9.80 Å². The fraction of sp³-hybridized carbons (Fsp3) is 0.533. The third-order valence-electron chi connectivity index (χ3n) is 4.31. The van der Waals surface area contributed by atoms with Crippen molar-refractivity contribution in [2.45, 2.75) is 25.9 Å². The van der Waals surface area contributed by atoms with Crippen LogP contribution in [0.25, 0.3) is 0 Å². The molecule has 2 rings (SSSR count). The zero-order chi connectivity index (χ0) is 15.8. The Hall–Kier alpha value is -1.95. The number of likely N-dealkylation sites (N-methyl/N-ethyl adjacent to an activating group) is 1. The van der Waals surface area contributed by atoms with E-state index in [1.54, 1.807) is 31.2 Å². The molecule has 1 unspecified atom stereocenters. The Kier molecular flexibility index (Phi) is 4.00. The van der Waals surface area contributed by atoms with Gasteiger partial charge in [0, 0.05) is 39.6 Å². The molecule has 0 radical (unpaired) electrons. The Balaban J connectivity index is 2.45. The molecule has 0 saturated carbocycles. The largest absolute Gasteiger partial charge is 0.371 e. The Bertz CT molecular complexity index is 565. The topological polar surface area (TPSA) is 73.7 Å². The lowest BCUT2D eigenvalue weighted by molar-refractivity contribution is -0.130. The summed E-state index contributed by atoms with van der Waals surface area (Å²) < 4.78 is 5.66. The summed E-state index contributed by atoms with van der Waals surface area (Å²) in [6.07, 6.45) is 4.10. The minimum atomic E-state index is -0.786. The van der Waals surface area contributed by atoms with Crippen molar-refractivity contribution < 1.29 is 14.3 Å². The van der Waals surface area contributed by atoms with Gasteiger partial charge in [0.05, 0.1) is 12.1 Å². The average molecular weight is 291 g/mol. The summed E-state index contributed by atoms with van der Waals surface area (Å²) in [5, 5.41) is 7.96. The number of amidine groups is 1. The van der Waals surface area contributed by atoms with Gasteiger partial charge in [0.25, 0.3) is 5.91 Å². The van der Waals surface area contributed by atoms with E-state index in [-0.39, 0.29) is 17.6 Å². The van der Waals surface area contributed by atoms with Gasteiger partial charge >= 0.3 is 0 Å². The maximum absolute atomic E-state index is 12.5. The molecule has 6 nitrogen and oxygen atoms in total. The summed E-state index contributed by atoms with van der Waals surface area (Å²) in [5.74, 6) is -0.0816. The van der Waals surface area contributed by atoms with Crippen LogP contribution in [0.2, 0.25) is 0 Å². The van der Waals surface area contributed by atoms with Crippen molar-refractivity contribution in [2.24, 2.45) is 0 Å². The summed E-state index contributed by atoms with van der Waals surface area (Å²) in [7, 11) is 3.15. The summed E-state index contributed by atoms with van der Waals surface area (Å²) in [6, 6.07) is 0. The van der Waals surface area contributed by atoms with E-state index in [9.17, 15) is 9.59 Å². The van der Waals surface area contributed by atoms with E-state index < -0.39 is 5.60 Å². The number of methoxy groups -OCH3 is 1. The standard InChI is InChI=1S/C15H21N3O3/c1-5-11-8-12(14(20)17(3)13(11)16)15(21-4)6-7-18(9-15)10(2)19/h5,8,16H,6-7,9H2,1-4H3/b11-5+,16-13?. The van der Waals surface area contributed by atoms with Crippen LogP contribution in [0.15, 0.2) is 23.3 Å². The normalized spacial score (nSPS) is 28.4. The number of allylic oxidation sites excluding steroid dienone is 1. The second-order valence-corrected chi connectivity index (χ2v) is 5.40. The highest BCUT2D eigenvalue weighted by atomic mass is 16.5. The van der Waals surface area contributed by atoms with Gasteiger partial charge in [-0.15, -0.1) is 0 Å². The lowest BCUT2D eigenvalue weighted by Gasteiger charge is -2.35. The van der Waals surface area contributed by atoms with E-state index in [2.05, 4.69) is 0 Å². The molecule has 1 atom stereocenters. The van der Waals surface area contributed by atoms with Gasteiger partial charge in [-0.05, 0) is 13.0 Å². The zero-order valence-electron chi connectivity index (χ0n) is 12.9. The summed E-state index contributed by atoms with van der Waals surface area (Å²) in [5.41, 5.74) is 0.413. The molecule has 2 heterocycles. The number of carbonyl (C=O) groups excluding carboxylic acids is 2. The molecule has 0 aromatic heterocycles. The maximum atomic E-state index is 12.5. The lowest BCUT2D eigenvalue weighted by Crippen LogP contribution is -2.48. The molecule has 6 heteroatoms. The number of hydrogen-bond donors (Lipinski definition) is 1. The van der Waals surface area contributed by atoms with Gasteiger partial charge in [-0.1, -0.05) is 6.08 Å². The van der Waals surface area contributed by atoms with E-state index in [1.807, 2.05) is 6.92 Å². The van der Waals surface area contributed by atoms with Gasteiger partial charge in [-0.3, -0.25) is 19.9 Å². The minimum Gasteiger partial charge on any atom is -0.371 e. The van der Waals surface area contributed by atoms with Crippen molar-refractivity contribution >= 4 is 17.6 Å². The summed E-state index contributed by atoms with van der Waals surface area (Å²) in [6.45, 7) is 4.29. The predicted octanol–water partition coefficient (Wildman–Crippen LogP) is 0.946. The molecule has 0 bridgehead atoms. The third kappa shape index (κ3) is 2.40. The monoisotopic (exact) mass is 291 g/mol. The number of carbonyl (C=O) groups is 2. The van der Waals surface area contributed by atoms with E-state index in [4.69, 9.17) is 10.1 Å². The van der Waals surface area contributed by atoms with E-state index in [0.29, 0.717) is 30.7 Å². The first-order valence-corrected chi connectivity index (χ1v) is 6.92. The van der Waals surface area contributed by atoms with E-state index >= 15 is 0 Å². The number of hydrogen-bond acceptors (Lipinski definition) is 4. The van der Waals surface area contributed by atoms with Crippen LogP contribution in [0, 0.1) is 5.41 Å². The molecule has 2 aliphatic heterocycles. The minimum absolute atomic E-state index is 0.0230. The van der Waals surface area contributed by atoms with Gasteiger partial charge in [-0.2, -0.15) is 0 Å². The second-order valence-electron chi connectivity index (χ2n) is 5.40. The molecule has 0 aromatic carbocycles. The molecular formula is C15H21N3O3. The fourth-order valence-electron chi connectivity index (χ4n) is 2.86. The van der Waals surface area contributed by atoms with Gasteiger partial charge in [0.15, 0.2) is 0 Å². The highest BCUT2D eigenvalue weighted by Crippen LogP contribution is 2.36. The van der Waals surface area contributed by atoms with Crippen molar-refractivity contribution in [3.63, 3.8) is 0 Å². The van der Waals surface area contributed by atoms with Crippen LogP contribution in [0.1, 0.15) is 20.3 Å². The first kappa shape index (κ1) is 15.4.